The molecule has 0 aliphatic carbocycles. The van der Waals surface area contributed by atoms with Gasteiger partial charge in [-0.3, -0.25) is 14.2 Å². The molecule has 142 valence electrons. The summed E-state index contributed by atoms with van der Waals surface area (Å²) in [7, 11) is 1.45. The molecule has 3 aromatic rings. The van der Waals surface area contributed by atoms with E-state index in [1.54, 1.807) is 12.1 Å². The number of hydrogen-bond acceptors (Lipinski definition) is 6. The predicted octanol–water partition coefficient (Wildman–Crippen LogP) is 1.61. The van der Waals surface area contributed by atoms with E-state index in [0.29, 0.717) is 5.75 Å². The zero-order valence-corrected chi connectivity index (χ0v) is 13.8. The molecule has 0 bridgehead atoms. The number of rotatable bonds is 4. The molecule has 0 radical (unpaired) electrons. The minimum Gasteiger partial charge on any atom is -0.497 e. The summed E-state index contributed by atoms with van der Waals surface area (Å²) < 4.78 is 47.7. The number of benzene rings is 1. The lowest BCUT2D eigenvalue weighted by atomic mass is 10.2. The molecule has 3 rings (SSSR count). The maximum absolute atomic E-state index is 12.4. The summed E-state index contributed by atoms with van der Waals surface area (Å²) in [5.74, 6) is 0.0636. The normalized spacial score (nSPS) is 11.6. The number of fused-ring (bicyclic) bond motifs is 1. The van der Waals surface area contributed by atoms with Gasteiger partial charge in [0.05, 0.1) is 18.5 Å². The van der Waals surface area contributed by atoms with Gasteiger partial charge in [0.1, 0.15) is 11.3 Å². The van der Waals surface area contributed by atoms with E-state index in [-0.39, 0.29) is 22.5 Å². The first-order chi connectivity index (χ1) is 12.7. The Labute approximate surface area is 149 Å². The highest BCUT2D eigenvalue weighted by molar-refractivity contribution is 5.85. The Morgan fingerprint density at radius 3 is 2.48 bits per heavy atom. The second-order valence-electron chi connectivity index (χ2n) is 5.44. The van der Waals surface area contributed by atoms with Gasteiger partial charge >= 0.3 is 17.3 Å². The summed E-state index contributed by atoms with van der Waals surface area (Å²) in [6.45, 7) is -1.58. The zero-order chi connectivity index (χ0) is 19.8. The fourth-order valence-electron chi connectivity index (χ4n) is 2.38. The van der Waals surface area contributed by atoms with Crippen molar-refractivity contribution < 1.29 is 22.6 Å². The van der Waals surface area contributed by atoms with Crippen LogP contribution in [-0.2, 0) is 0 Å². The van der Waals surface area contributed by atoms with Crippen molar-refractivity contribution >= 4 is 16.9 Å². The lowest BCUT2D eigenvalue weighted by molar-refractivity contribution is -0.154. The number of anilines is 1. The van der Waals surface area contributed by atoms with Gasteiger partial charge in [0.2, 0.25) is 5.88 Å². The van der Waals surface area contributed by atoms with Gasteiger partial charge in [-0.25, -0.2) is 0 Å². The van der Waals surface area contributed by atoms with Crippen molar-refractivity contribution in [2.24, 2.45) is 0 Å². The number of halogens is 3. The maximum atomic E-state index is 12.4. The Morgan fingerprint density at radius 1 is 1.22 bits per heavy atom. The highest BCUT2D eigenvalue weighted by Crippen LogP contribution is 2.25. The molecule has 11 heteroatoms. The number of methoxy groups -OCH3 is 1. The Hall–Kier alpha value is -3.50. The highest BCUT2D eigenvalue weighted by atomic mass is 19.4. The van der Waals surface area contributed by atoms with Crippen molar-refractivity contribution in [3.8, 4) is 17.3 Å². The fraction of sp³-hybridized carbons (Fsp3) is 0.188. The van der Waals surface area contributed by atoms with Crippen molar-refractivity contribution in [2.45, 2.75) is 6.18 Å². The lowest BCUT2D eigenvalue weighted by Crippen LogP contribution is -2.36. The third-order valence-electron chi connectivity index (χ3n) is 3.57. The summed E-state index contributed by atoms with van der Waals surface area (Å²) in [6, 6.07) is 7.09. The highest BCUT2D eigenvalue weighted by Gasteiger charge is 2.29. The minimum atomic E-state index is -4.58. The van der Waals surface area contributed by atoms with Crippen LogP contribution in [0.3, 0.4) is 0 Å². The number of nitrogens with two attached hydrogens (primary N) is 1. The number of aromatic amines is 1. The number of nitrogens with one attached hydrogen (secondary N) is 1. The number of pyridine rings is 1. The molecule has 0 aliphatic heterocycles. The number of nitrogens with zero attached hydrogens (tertiary/aromatic N) is 2. The van der Waals surface area contributed by atoms with Crippen LogP contribution < -0.4 is 26.3 Å². The number of aromatic nitrogens is 3. The van der Waals surface area contributed by atoms with Gasteiger partial charge in [-0.1, -0.05) is 0 Å². The van der Waals surface area contributed by atoms with E-state index < -0.39 is 29.8 Å². The zero-order valence-electron chi connectivity index (χ0n) is 13.8. The van der Waals surface area contributed by atoms with Crippen LogP contribution in [0.2, 0.25) is 0 Å². The Balaban J connectivity index is 2.23. The van der Waals surface area contributed by atoms with Crippen LogP contribution in [0.15, 0.2) is 39.9 Å². The van der Waals surface area contributed by atoms with Gasteiger partial charge in [-0.05, 0) is 24.3 Å². The molecule has 3 N–H and O–H groups in total. The molecule has 2 heterocycles. The molecule has 0 saturated heterocycles. The summed E-state index contributed by atoms with van der Waals surface area (Å²) in [6.07, 6.45) is -4.58. The summed E-state index contributed by atoms with van der Waals surface area (Å²) in [5.41, 5.74) is 3.85. The lowest BCUT2D eigenvalue weighted by Gasteiger charge is -2.13. The van der Waals surface area contributed by atoms with E-state index in [1.807, 2.05) is 0 Å². The van der Waals surface area contributed by atoms with Gasteiger partial charge in [-0.2, -0.15) is 18.2 Å². The number of alkyl halides is 3. The average Bonchev–Trinajstić information content (AvgIpc) is 2.61. The monoisotopic (exact) mass is 382 g/mol. The SMILES string of the molecule is COc1ccc(-n2c(=O)c(=O)[nH]c3c(N)cc(OCC(F)(F)F)nc32)cc1. The first kappa shape index (κ1) is 18.3. The molecule has 2 aromatic heterocycles. The molecule has 0 atom stereocenters. The second kappa shape index (κ2) is 6.67. The predicted molar refractivity (Wildman–Crippen MR) is 90.5 cm³/mol. The van der Waals surface area contributed by atoms with Crippen molar-refractivity contribution in [1.82, 2.24) is 14.5 Å². The Morgan fingerprint density at radius 2 is 1.89 bits per heavy atom. The fourth-order valence-corrected chi connectivity index (χ4v) is 2.38. The quantitative estimate of drug-likeness (QED) is 0.663. The van der Waals surface area contributed by atoms with E-state index in [4.69, 9.17) is 10.5 Å². The molecular weight excluding hydrogens is 369 g/mol. The molecule has 0 unspecified atom stereocenters. The molecule has 1 aromatic carbocycles. The second-order valence-corrected chi connectivity index (χ2v) is 5.44. The van der Waals surface area contributed by atoms with E-state index in [9.17, 15) is 22.8 Å². The van der Waals surface area contributed by atoms with Gasteiger partial charge < -0.3 is 20.2 Å². The summed E-state index contributed by atoms with van der Waals surface area (Å²) >= 11 is 0. The molecule has 0 aliphatic rings. The van der Waals surface area contributed by atoms with Crippen LogP contribution in [0, 0.1) is 0 Å². The number of nitrogen functional groups attached to an aromatic ring is 1. The smallest absolute Gasteiger partial charge is 0.422 e. The van der Waals surface area contributed by atoms with Gasteiger partial charge in [0.25, 0.3) is 0 Å². The summed E-state index contributed by atoms with van der Waals surface area (Å²) in [4.78, 5) is 30.5. The molecule has 27 heavy (non-hydrogen) atoms. The van der Waals surface area contributed by atoms with Crippen LogP contribution in [-0.4, -0.2) is 34.4 Å². The first-order valence-electron chi connectivity index (χ1n) is 7.49. The molecule has 0 saturated carbocycles. The van der Waals surface area contributed by atoms with Crippen LogP contribution in [0.25, 0.3) is 16.9 Å². The number of hydrogen-bond donors (Lipinski definition) is 2. The summed E-state index contributed by atoms with van der Waals surface area (Å²) in [5, 5.41) is 0. The van der Waals surface area contributed by atoms with E-state index in [0.717, 1.165) is 10.6 Å². The van der Waals surface area contributed by atoms with Crippen LogP contribution in [0.1, 0.15) is 0 Å². The van der Waals surface area contributed by atoms with Crippen LogP contribution in [0.5, 0.6) is 11.6 Å². The molecule has 0 fully saturated rings. The maximum Gasteiger partial charge on any atom is 0.422 e. The molecule has 8 nitrogen and oxygen atoms in total. The Bertz CT molecular complexity index is 1100. The minimum absolute atomic E-state index is 0.00484. The third kappa shape index (κ3) is 3.71. The topological polar surface area (TPSA) is 112 Å². The largest absolute Gasteiger partial charge is 0.497 e. The van der Waals surface area contributed by atoms with Crippen molar-refractivity contribution in [1.29, 1.82) is 0 Å². The molecular formula is C16H13F3N4O4. The van der Waals surface area contributed by atoms with E-state index >= 15 is 0 Å². The standard InChI is InChI=1S/C16H13F3N4O4/c1-26-9-4-2-8(3-5-9)23-13-12(22-14(24)15(23)25)10(20)6-11(21-13)27-7-16(17,18)19/h2-6H,7H2,1H3,(H2,20,21)(H,22,24). The van der Waals surface area contributed by atoms with Gasteiger partial charge in [0.15, 0.2) is 12.3 Å². The number of ether oxygens (including phenoxy) is 2. The number of H-pyrrole nitrogens is 1. The third-order valence-corrected chi connectivity index (χ3v) is 3.57. The first-order valence-corrected chi connectivity index (χ1v) is 7.49. The van der Waals surface area contributed by atoms with Crippen LogP contribution >= 0.6 is 0 Å². The van der Waals surface area contributed by atoms with Crippen molar-refractivity contribution in [3.05, 3.63) is 51.0 Å². The average molecular weight is 382 g/mol. The molecule has 0 amide bonds. The van der Waals surface area contributed by atoms with E-state index in [1.165, 1.54) is 19.2 Å². The van der Waals surface area contributed by atoms with Gasteiger partial charge in [-0.15, -0.1) is 0 Å². The van der Waals surface area contributed by atoms with E-state index in [2.05, 4.69) is 14.7 Å². The molecule has 0 spiro atoms. The Kier molecular flexibility index (Phi) is 4.52. The van der Waals surface area contributed by atoms with Crippen molar-refractivity contribution in [3.63, 3.8) is 0 Å². The van der Waals surface area contributed by atoms with Gasteiger partial charge in [0, 0.05) is 6.07 Å². The van der Waals surface area contributed by atoms with Crippen LogP contribution in [0.4, 0.5) is 18.9 Å². The van der Waals surface area contributed by atoms with Crippen molar-refractivity contribution in [2.75, 3.05) is 19.5 Å².